The van der Waals surface area contributed by atoms with Crippen LogP contribution >= 0.6 is 0 Å². The van der Waals surface area contributed by atoms with Crippen LogP contribution < -0.4 is 26.6 Å². The van der Waals surface area contributed by atoms with Crippen molar-refractivity contribution in [3.05, 3.63) is 126 Å². The van der Waals surface area contributed by atoms with Crippen LogP contribution in [0.25, 0.3) is 65.8 Å². The average Bonchev–Trinajstić information content (AvgIpc) is 1.62. The van der Waals surface area contributed by atoms with E-state index in [1.807, 2.05) is 138 Å². The number of aldehydes is 1. The number of fused-ring (bicyclic) bond motifs is 9. The van der Waals surface area contributed by atoms with Crippen LogP contribution in [-0.2, 0) is 62.3 Å². The molecular formula is C88H109N15O11. The van der Waals surface area contributed by atoms with Crippen LogP contribution in [0.2, 0.25) is 0 Å². The first kappa shape index (κ1) is 79.2. The Labute approximate surface area is 664 Å². The molecule has 9 fully saturated rings. The van der Waals surface area contributed by atoms with Crippen molar-refractivity contribution in [3.63, 3.8) is 0 Å². The van der Waals surface area contributed by atoms with Gasteiger partial charge < -0.3 is 58.2 Å². The zero-order chi connectivity index (χ0) is 79.7. The summed E-state index contributed by atoms with van der Waals surface area (Å²) in [6.07, 6.45) is 20.5. The number of ether oxygens (including phenoxy) is 2. The van der Waals surface area contributed by atoms with E-state index in [1.165, 1.54) is 50.1 Å². The molecule has 9 saturated heterocycles. The van der Waals surface area contributed by atoms with Crippen molar-refractivity contribution in [1.82, 2.24) is 74.8 Å². The zero-order valence-corrected chi connectivity index (χ0v) is 66.8. The smallest absolute Gasteiger partial charge is 0.410 e. The van der Waals surface area contributed by atoms with Gasteiger partial charge in [-0.05, 0) is 227 Å². The third kappa shape index (κ3) is 16.9. The molecule has 18 rings (SSSR count). The lowest BCUT2D eigenvalue weighted by Crippen LogP contribution is -2.61. The summed E-state index contributed by atoms with van der Waals surface area (Å²) in [5, 5.41) is 20.7. The standard InChI is InChI=1S/C31H39N5O4.C26H31N5O2.C19H17N3O3.C12H22N2O2/c1-30(2,3)40-29(39)35-17-13-31(14-18-35)19-34(20-31)16-6-7-21-12-15-32-27-26(21)22-8-4-5-9-23(22)36(27)24-10-11-25(37)33-28(24)38;32-22-8-7-21(25(33)29-22)31-20-6-2-1-5-19(20)23-18(9-12-28-24(23)31)4-3-15-30-16-26(17-30)10-13-27-14-11-26;23-11-3-4-12-9-10-20-18-17(12)13-5-1-2-6-14(13)22(18)15-7-8-16(24)21-19(15)25;1-11(2,3)16-10(15)14-6-4-12(5-7-14)8-13-9-12/h4-5,8-9,12,15,24H,6-7,10-11,13-14,16-20H2,1-3H3,(H,33,37,38);1-2,5-6,9,12,21,27H,3-4,7-8,10-11,13-17H2,(H,29,32,33);1-2,5-6,9-11,15H,3-4,7-8H2,(H,21,24,25);13H,4-9H2,1-3H3. The molecule has 114 heavy (non-hydrogen) atoms. The van der Waals surface area contributed by atoms with Crippen molar-refractivity contribution in [2.45, 2.75) is 186 Å². The van der Waals surface area contributed by atoms with E-state index in [2.05, 4.69) is 71.7 Å². The summed E-state index contributed by atoms with van der Waals surface area (Å²) < 4.78 is 16.9. The van der Waals surface area contributed by atoms with Gasteiger partial charge in [-0.1, -0.05) is 54.6 Å². The van der Waals surface area contributed by atoms with E-state index in [4.69, 9.17) is 19.4 Å². The fourth-order valence-corrected chi connectivity index (χ4v) is 19.0. The Hall–Kier alpha value is -10.0. The predicted molar refractivity (Wildman–Crippen MR) is 436 cm³/mol. The topological polar surface area (TPSA) is 299 Å². The number of rotatable bonds is 14. The molecule has 6 aromatic heterocycles. The number of pyridine rings is 3. The largest absolute Gasteiger partial charge is 0.444 e. The number of likely N-dealkylation sites (tertiary alicyclic amines) is 4. The molecule has 0 radical (unpaired) electrons. The Bertz CT molecular complexity index is 5140. The molecular weight excluding hydrogens is 1440 g/mol. The number of imide groups is 3. The van der Waals surface area contributed by atoms with Crippen molar-refractivity contribution in [3.8, 4) is 0 Å². The van der Waals surface area contributed by atoms with E-state index in [-0.39, 0.29) is 53.2 Å². The second-order valence-electron chi connectivity index (χ2n) is 35.2. The number of benzene rings is 3. The highest BCUT2D eigenvalue weighted by Crippen LogP contribution is 2.44. The molecule has 0 bridgehead atoms. The number of piperidine rings is 6. The summed E-state index contributed by atoms with van der Waals surface area (Å²) >= 11 is 0. The van der Waals surface area contributed by atoms with Gasteiger partial charge in [-0.3, -0.25) is 44.7 Å². The van der Waals surface area contributed by atoms with Crippen LogP contribution in [0.15, 0.2) is 110 Å². The first-order valence-corrected chi connectivity index (χ1v) is 41.2. The van der Waals surface area contributed by atoms with E-state index in [1.54, 1.807) is 6.20 Å². The van der Waals surface area contributed by atoms with E-state index in [9.17, 15) is 43.2 Å². The maximum absolute atomic E-state index is 12.8. The molecule has 3 atom stereocenters. The Morgan fingerprint density at radius 3 is 1.13 bits per heavy atom. The number of carbonyl (C=O) groups excluding carboxylic acids is 9. The van der Waals surface area contributed by atoms with Crippen molar-refractivity contribution in [2.75, 3.05) is 91.6 Å². The monoisotopic (exact) mass is 1550 g/mol. The number of amides is 8. The Kier molecular flexibility index (Phi) is 23.0. The normalized spacial score (nSPS) is 21.6. The molecule has 3 unspecified atom stereocenters. The van der Waals surface area contributed by atoms with Gasteiger partial charge in [0.05, 0.1) is 16.6 Å². The van der Waals surface area contributed by atoms with E-state index in [0.717, 1.165) is 194 Å². The van der Waals surface area contributed by atoms with Gasteiger partial charge in [-0.2, -0.15) is 0 Å². The van der Waals surface area contributed by atoms with Gasteiger partial charge in [0.2, 0.25) is 35.4 Å². The van der Waals surface area contributed by atoms with E-state index >= 15 is 0 Å². The second-order valence-corrected chi connectivity index (χ2v) is 35.2. The van der Waals surface area contributed by atoms with E-state index in [0.29, 0.717) is 67.6 Å². The minimum atomic E-state index is -0.464. The maximum Gasteiger partial charge on any atom is 0.410 e. The van der Waals surface area contributed by atoms with Crippen LogP contribution in [-0.4, -0.2) is 205 Å². The number of nitrogens with zero attached hydrogens (tertiary/aromatic N) is 10. The van der Waals surface area contributed by atoms with Crippen molar-refractivity contribution in [2.24, 2.45) is 16.2 Å². The van der Waals surface area contributed by atoms with Gasteiger partial charge in [0, 0.05) is 142 Å². The number of carbonyl (C=O) groups is 9. The first-order valence-electron chi connectivity index (χ1n) is 41.2. The molecule has 0 aliphatic carbocycles. The van der Waals surface area contributed by atoms with Crippen molar-refractivity contribution < 1.29 is 52.6 Å². The molecule has 602 valence electrons. The van der Waals surface area contributed by atoms with Crippen molar-refractivity contribution >= 4 is 120 Å². The third-order valence-corrected chi connectivity index (χ3v) is 24.8. The molecule has 5 N–H and O–H groups in total. The van der Waals surface area contributed by atoms with E-state index < -0.39 is 23.7 Å². The summed E-state index contributed by atoms with van der Waals surface area (Å²) in [5.41, 5.74) is 9.41. The van der Waals surface area contributed by atoms with Gasteiger partial charge in [-0.15, -0.1) is 0 Å². The Balaban J connectivity index is 0.000000125. The molecule has 26 nitrogen and oxygen atoms in total. The molecule has 9 aromatic rings. The fourth-order valence-electron chi connectivity index (χ4n) is 19.0. The third-order valence-electron chi connectivity index (χ3n) is 24.8. The zero-order valence-electron chi connectivity index (χ0n) is 66.8. The van der Waals surface area contributed by atoms with Gasteiger partial charge in [0.15, 0.2) is 0 Å². The second kappa shape index (κ2) is 33.1. The number of nitrogens with one attached hydrogen (secondary N) is 5. The number of aromatic nitrogens is 6. The van der Waals surface area contributed by atoms with Gasteiger partial charge in [-0.25, -0.2) is 24.5 Å². The summed E-state index contributed by atoms with van der Waals surface area (Å²) in [6.45, 7) is 26.1. The average molecular weight is 1550 g/mol. The number of aryl methyl sites for hydroxylation is 3. The molecule has 3 spiro atoms. The number of para-hydroxylation sites is 3. The summed E-state index contributed by atoms with van der Waals surface area (Å²) in [6, 6.07) is 29.1. The number of hydrogen-bond acceptors (Lipinski definition) is 18. The van der Waals surface area contributed by atoms with Gasteiger partial charge in [0.25, 0.3) is 0 Å². The fraction of sp³-hybridized carbons (Fsp3) is 0.523. The molecule has 3 aromatic carbocycles. The molecule has 9 aliphatic rings. The lowest BCUT2D eigenvalue weighted by atomic mass is 9.72. The van der Waals surface area contributed by atoms with Crippen molar-refractivity contribution in [1.29, 1.82) is 0 Å². The molecule has 9 aliphatic heterocycles. The van der Waals surface area contributed by atoms with Crippen LogP contribution in [0.4, 0.5) is 9.59 Å². The first-order chi connectivity index (χ1) is 54.9. The molecule has 0 saturated carbocycles. The van der Waals surface area contributed by atoms with Crippen LogP contribution in [0, 0.1) is 16.2 Å². The van der Waals surface area contributed by atoms with Crippen LogP contribution in [0.3, 0.4) is 0 Å². The van der Waals surface area contributed by atoms with Gasteiger partial charge >= 0.3 is 12.2 Å². The Morgan fingerprint density at radius 1 is 0.456 bits per heavy atom. The highest BCUT2D eigenvalue weighted by atomic mass is 16.6. The summed E-state index contributed by atoms with van der Waals surface area (Å²) in [4.78, 5) is 131. The Morgan fingerprint density at radius 2 is 0.798 bits per heavy atom. The van der Waals surface area contributed by atoms with Gasteiger partial charge in [0.1, 0.15) is 52.6 Å². The maximum atomic E-state index is 12.8. The lowest BCUT2D eigenvalue weighted by molar-refractivity contribution is -0.137. The van der Waals surface area contributed by atoms with Crippen LogP contribution in [0.5, 0.6) is 0 Å². The highest BCUT2D eigenvalue weighted by molar-refractivity contribution is 6.13. The highest BCUT2D eigenvalue weighted by Gasteiger charge is 2.47. The minimum Gasteiger partial charge on any atom is -0.444 e. The number of hydrogen-bond donors (Lipinski definition) is 5. The predicted octanol–water partition coefficient (Wildman–Crippen LogP) is 11.1. The van der Waals surface area contributed by atoms with Crippen LogP contribution in [0.1, 0.15) is 173 Å². The summed E-state index contributed by atoms with van der Waals surface area (Å²) in [5.74, 6) is -1.42. The SMILES string of the molecule is CC(C)(C)OC(=O)N1CCC2(CC1)CN(CCCc1ccnc3c1c1ccccc1n3C1CCC(=O)NC1=O)C2.CC(C)(C)OC(=O)N1CCC2(CC1)CNC2.O=C1CCC(n2c3ccccc3c3c(CCCN4CC5(CCNCC5)C4)ccnc32)C(=O)N1.O=CCCc1ccnc2c1c1ccccc1n2C1CCC(=O)NC1=O. The molecule has 8 amide bonds. The summed E-state index contributed by atoms with van der Waals surface area (Å²) in [7, 11) is 0. The molecule has 26 heteroatoms. The quantitative estimate of drug-likeness (QED) is 0.0499. The molecule has 15 heterocycles. The lowest BCUT2D eigenvalue weighted by Gasteiger charge is -2.54. The minimum absolute atomic E-state index is 0.158.